The Labute approximate surface area is 123 Å². The molecule has 0 aliphatic rings. The van der Waals surface area contributed by atoms with E-state index in [1.807, 2.05) is 0 Å². The Hall–Kier alpha value is -0.870. The lowest BCUT2D eigenvalue weighted by Gasteiger charge is -2.23. The second-order valence-electron chi connectivity index (χ2n) is 4.93. The van der Waals surface area contributed by atoms with E-state index in [1.54, 1.807) is 11.3 Å². The summed E-state index contributed by atoms with van der Waals surface area (Å²) in [4.78, 5) is 10.8. The normalized spacial score (nSPS) is 13.2. The van der Waals surface area contributed by atoms with E-state index in [0.717, 1.165) is 28.9 Å². The van der Waals surface area contributed by atoms with Crippen molar-refractivity contribution < 1.29 is 0 Å². The number of aromatic nitrogens is 2. The van der Waals surface area contributed by atoms with Crippen molar-refractivity contribution in [1.82, 2.24) is 9.97 Å². The average molecular weight is 298 g/mol. The van der Waals surface area contributed by atoms with Crippen molar-refractivity contribution in [3.8, 4) is 0 Å². The van der Waals surface area contributed by atoms with Gasteiger partial charge in [0.1, 0.15) is 10.6 Å². The summed E-state index contributed by atoms with van der Waals surface area (Å²) < 4.78 is 0. The molecule has 0 bridgehead atoms. The Kier molecular flexibility index (Phi) is 4.63. The Morgan fingerprint density at radius 1 is 1.32 bits per heavy atom. The fourth-order valence-corrected chi connectivity index (χ4v) is 3.55. The molecule has 0 amide bonds. The van der Waals surface area contributed by atoms with Crippen LogP contribution >= 0.6 is 22.9 Å². The van der Waals surface area contributed by atoms with Gasteiger partial charge in [0.05, 0.1) is 5.39 Å². The van der Waals surface area contributed by atoms with Gasteiger partial charge in [0.2, 0.25) is 5.28 Å². The highest BCUT2D eigenvalue weighted by molar-refractivity contribution is 7.18. The molecule has 0 saturated carbocycles. The van der Waals surface area contributed by atoms with Gasteiger partial charge in [-0.2, -0.15) is 0 Å². The molecule has 104 valence electrons. The van der Waals surface area contributed by atoms with Crippen molar-refractivity contribution in [3.63, 3.8) is 0 Å². The summed E-state index contributed by atoms with van der Waals surface area (Å²) in [5.74, 6) is 1.50. The van der Waals surface area contributed by atoms with Crippen LogP contribution in [0, 0.1) is 12.8 Å². The largest absolute Gasteiger partial charge is 0.367 e. The van der Waals surface area contributed by atoms with E-state index >= 15 is 0 Å². The first-order chi connectivity index (χ1) is 9.05. The van der Waals surface area contributed by atoms with Crippen molar-refractivity contribution in [3.05, 3.63) is 16.2 Å². The van der Waals surface area contributed by atoms with Gasteiger partial charge in [0.25, 0.3) is 0 Å². The maximum Gasteiger partial charge on any atom is 0.225 e. The number of fused-ring (bicyclic) bond motifs is 1. The molecule has 0 fully saturated rings. The number of nitrogens with one attached hydrogen (secondary N) is 1. The summed E-state index contributed by atoms with van der Waals surface area (Å²) in [7, 11) is 0. The Bertz CT molecular complexity index is 563. The molecule has 0 aliphatic carbocycles. The van der Waals surface area contributed by atoms with Crippen LogP contribution in [0.25, 0.3) is 10.2 Å². The van der Waals surface area contributed by atoms with Crippen LogP contribution in [0.3, 0.4) is 0 Å². The monoisotopic (exact) mass is 297 g/mol. The van der Waals surface area contributed by atoms with Crippen molar-refractivity contribution in [2.75, 3.05) is 5.32 Å². The van der Waals surface area contributed by atoms with E-state index in [-0.39, 0.29) is 0 Å². The molecule has 19 heavy (non-hydrogen) atoms. The standard InChI is InChI=1S/C14H20ClN3S/c1-5-10(6-2)9(4)16-12-11-7-8(3)19-13(11)18-14(15)17-12/h7,9-10H,5-6H2,1-4H3,(H,16,17,18). The van der Waals surface area contributed by atoms with Crippen molar-refractivity contribution in [2.45, 2.75) is 46.6 Å². The summed E-state index contributed by atoms with van der Waals surface area (Å²) >= 11 is 7.66. The number of hydrogen-bond donors (Lipinski definition) is 1. The molecular weight excluding hydrogens is 278 g/mol. The zero-order valence-electron chi connectivity index (χ0n) is 11.8. The minimum absolute atomic E-state index is 0.314. The third kappa shape index (κ3) is 3.18. The Morgan fingerprint density at radius 2 is 2.00 bits per heavy atom. The first-order valence-electron chi connectivity index (χ1n) is 6.75. The van der Waals surface area contributed by atoms with Gasteiger partial charge in [-0.3, -0.25) is 0 Å². The van der Waals surface area contributed by atoms with Crippen LogP contribution < -0.4 is 5.32 Å². The Morgan fingerprint density at radius 3 is 2.63 bits per heavy atom. The molecule has 2 aromatic heterocycles. The van der Waals surface area contributed by atoms with Crippen LogP contribution in [0.15, 0.2) is 6.07 Å². The SMILES string of the molecule is CCC(CC)C(C)Nc1nc(Cl)nc2sc(C)cc12. The molecule has 1 atom stereocenters. The molecular formula is C14H20ClN3S. The van der Waals surface area contributed by atoms with E-state index in [9.17, 15) is 0 Å². The van der Waals surface area contributed by atoms with Gasteiger partial charge in [-0.05, 0) is 37.4 Å². The number of nitrogens with zero attached hydrogens (tertiary/aromatic N) is 2. The zero-order chi connectivity index (χ0) is 14.0. The van der Waals surface area contributed by atoms with E-state index < -0.39 is 0 Å². The van der Waals surface area contributed by atoms with Gasteiger partial charge < -0.3 is 5.32 Å². The molecule has 0 radical (unpaired) electrons. The second kappa shape index (κ2) is 6.06. The van der Waals surface area contributed by atoms with Gasteiger partial charge in [-0.15, -0.1) is 11.3 Å². The maximum absolute atomic E-state index is 6.01. The molecule has 3 nitrogen and oxygen atoms in total. The minimum atomic E-state index is 0.314. The molecule has 1 N–H and O–H groups in total. The third-order valence-corrected chi connectivity index (χ3v) is 4.72. The fraction of sp³-hybridized carbons (Fsp3) is 0.571. The lowest BCUT2D eigenvalue weighted by atomic mass is 9.95. The molecule has 5 heteroatoms. The summed E-state index contributed by atoms with van der Waals surface area (Å²) in [5.41, 5.74) is 0. The molecule has 0 saturated heterocycles. The highest BCUT2D eigenvalue weighted by Gasteiger charge is 2.16. The number of anilines is 1. The first kappa shape index (κ1) is 14.5. The van der Waals surface area contributed by atoms with Gasteiger partial charge in [-0.25, -0.2) is 9.97 Å². The van der Waals surface area contributed by atoms with Crippen LogP contribution in [0.1, 0.15) is 38.5 Å². The number of aryl methyl sites for hydroxylation is 1. The smallest absolute Gasteiger partial charge is 0.225 e. The number of thiophene rings is 1. The third-order valence-electron chi connectivity index (χ3n) is 3.61. The predicted molar refractivity (Wildman–Crippen MR) is 84.3 cm³/mol. The molecule has 0 aliphatic heterocycles. The van der Waals surface area contributed by atoms with Crippen LogP contribution in [-0.4, -0.2) is 16.0 Å². The highest BCUT2D eigenvalue weighted by Crippen LogP contribution is 2.30. The lowest BCUT2D eigenvalue weighted by molar-refractivity contribution is 0.437. The number of rotatable bonds is 5. The van der Waals surface area contributed by atoms with Gasteiger partial charge in [0, 0.05) is 10.9 Å². The van der Waals surface area contributed by atoms with E-state index in [0.29, 0.717) is 17.2 Å². The predicted octanol–water partition coefficient (Wildman–Crippen LogP) is 4.89. The van der Waals surface area contributed by atoms with E-state index in [2.05, 4.69) is 49.0 Å². The number of halogens is 1. The molecule has 2 rings (SSSR count). The average Bonchev–Trinajstić information content (AvgIpc) is 2.71. The van der Waals surface area contributed by atoms with Gasteiger partial charge in [-0.1, -0.05) is 26.7 Å². The second-order valence-corrected chi connectivity index (χ2v) is 6.50. The Balaban J connectivity index is 2.33. The van der Waals surface area contributed by atoms with Crippen molar-refractivity contribution >= 4 is 39.0 Å². The summed E-state index contributed by atoms with van der Waals surface area (Å²) in [6.07, 6.45) is 2.32. The number of hydrogen-bond acceptors (Lipinski definition) is 4. The van der Waals surface area contributed by atoms with E-state index in [1.165, 1.54) is 4.88 Å². The zero-order valence-corrected chi connectivity index (χ0v) is 13.4. The van der Waals surface area contributed by atoms with Crippen molar-refractivity contribution in [1.29, 1.82) is 0 Å². The molecule has 0 spiro atoms. The fourth-order valence-electron chi connectivity index (χ4n) is 2.46. The summed E-state index contributed by atoms with van der Waals surface area (Å²) in [5, 5.41) is 4.90. The highest BCUT2D eigenvalue weighted by atomic mass is 35.5. The summed E-state index contributed by atoms with van der Waals surface area (Å²) in [6.45, 7) is 8.74. The van der Waals surface area contributed by atoms with Gasteiger partial charge in [0.15, 0.2) is 0 Å². The molecule has 1 unspecified atom stereocenters. The van der Waals surface area contributed by atoms with Crippen LogP contribution in [0.4, 0.5) is 5.82 Å². The van der Waals surface area contributed by atoms with Crippen molar-refractivity contribution in [2.24, 2.45) is 5.92 Å². The van der Waals surface area contributed by atoms with Crippen LogP contribution in [0.2, 0.25) is 5.28 Å². The molecule has 2 aromatic rings. The van der Waals surface area contributed by atoms with Gasteiger partial charge >= 0.3 is 0 Å². The summed E-state index contributed by atoms with van der Waals surface area (Å²) in [6, 6.07) is 2.50. The minimum Gasteiger partial charge on any atom is -0.367 e. The molecule has 0 aromatic carbocycles. The van der Waals surface area contributed by atoms with Crippen LogP contribution in [-0.2, 0) is 0 Å². The first-order valence-corrected chi connectivity index (χ1v) is 7.94. The topological polar surface area (TPSA) is 37.8 Å². The van der Waals surface area contributed by atoms with E-state index in [4.69, 9.17) is 11.6 Å². The quantitative estimate of drug-likeness (QED) is 0.799. The van der Waals surface area contributed by atoms with Crippen LogP contribution in [0.5, 0.6) is 0 Å². The molecule has 2 heterocycles. The maximum atomic E-state index is 6.01. The lowest BCUT2D eigenvalue weighted by Crippen LogP contribution is -2.25.